The number of rotatable bonds is 3. The summed E-state index contributed by atoms with van der Waals surface area (Å²) in [5.74, 6) is 1.80. The van der Waals surface area contributed by atoms with Gasteiger partial charge in [0.25, 0.3) is 0 Å². The third-order valence-electron chi connectivity index (χ3n) is 4.82. The van der Waals surface area contributed by atoms with E-state index in [1.165, 1.54) is 31.4 Å². The number of benzene rings is 1. The van der Waals surface area contributed by atoms with Crippen LogP contribution in [-0.2, 0) is 0 Å². The second kappa shape index (κ2) is 5.72. The van der Waals surface area contributed by atoms with Crippen LogP contribution in [0.5, 0.6) is 0 Å². The zero-order chi connectivity index (χ0) is 14.1. The first-order chi connectivity index (χ1) is 9.65. The Bertz CT molecular complexity index is 471. The van der Waals surface area contributed by atoms with Crippen molar-refractivity contribution in [3.63, 3.8) is 0 Å². The molecule has 3 atom stereocenters. The molecule has 0 saturated heterocycles. The lowest BCUT2D eigenvalue weighted by Gasteiger charge is -2.33. The molecule has 20 heavy (non-hydrogen) atoms. The van der Waals surface area contributed by atoms with E-state index in [-0.39, 0.29) is 0 Å². The van der Waals surface area contributed by atoms with Crippen LogP contribution in [-0.4, -0.2) is 17.2 Å². The van der Waals surface area contributed by atoms with Crippen molar-refractivity contribution in [1.82, 2.24) is 5.32 Å². The van der Waals surface area contributed by atoms with Gasteiger partial charge in [-0.3, -0.25) is 0 Å². The molecule has 0 amide bonds. The molecule has 1 aromatic rings. The first-order valence-electron chi connectivity index (χ1n) is 7.80. The molecule has 108 valence electrons. The van der Waals surface area contributed by atoms with Gasteiger partial charge in [0.05, 0.1) is 0 Å². The average Bonchev–Trinajstić information content (AvgIpc) is 3.02. The molecule has 1 N–H and O–H groups in total. The summed E-state index contributed by atoms with van der Waals surface area (Å²) >= 11 is 5.70. The standard InChI is InChI=1S/C17H24N2S/c1-12(2)19(15-6-4-3-5-7-15)17(20)18-16-11-13-8-9-14(16)10-13/h3-7,12-14,16H,8-11H2,1-2H3,(H,18,20)/t13-,14-,16+/m0/s1. The lowest BCUT2D eigenvalue weighted by atomic mass is 9.95. The highest BCUT2D eigenvalue weighted by molar-refractivity contribution is 7.80. The highest BCUT2D eigenvalue weighted by atomic mass is 32.1. The number of fused-ring (bicyclic) bond motifs is 2. The van der Waals surface area contributed by atoms with E-state index in [2.05, 4.69) is 54.4 Å². The van der Waals surface area contributed by atoms with Gasteiger partial charge in [-0.25, -0.2) is 0 Å². The van der Waals surface area contributed by atoms with Crippen molar-refractivity contribution in [2.45, 2.75) is 51.6 Å². The first kappa shape index (κ1) is 13.9. The zero-order valence-corrected chi connectivity index (χ0v) is 13.2. The minimum Gasteiger partial charge on any atom is -0.359 e. The monoisotopic (exact) mass is 288 g/mol. The van der Waals surface area contributed by atoms with Crippen LogP contribution in [0.4, 0.5) is 5.69 Å². The van der Waals surface area contributed by atoms with Crippen molar-refractivity contribution < 1.29 is 0 Å². The molecule has 0 radical (unpaired) electrons. The number of thiocarbonyl (C=S) groups is 1. The minimum atomic E-state index is 0.371. The van der Waals surface area contributed by atoms with Gasteiger partial charge in [-0.15, -0.1) is 0 Å². The maximum Gasteiger partial charge on any atom is 0.173 e. The van der Waals surface area contributed by atoms with Gasteiger partial charge in [0.15, 0.2) is 5.11 Å². The molecular formula is C17H24N2S. The molecule has 2 aliphatic carbocycles. The molecule has 0 unspecified atom stereocenters. The van der Waals surface area contributed by atoms with Crippen molar-refractivity contribution in [3.05, 3.63) is 30.3 Å². The summed E-state index contributed by atoms with van der Waals surface area (Å²) in [5.41, 5.74) is 1.18. The van der Waals surface area contributed by atoms with Gasteiger partial charge in [-0.05, 0) is 69.3 Å². The first-order valence-corrected chi connectivity index (χ1v) is 8.20. The second-order valence-electron chi connectivity index (χ2n) is 6.53. The maximum absolute atomic E-state index is 5.70. The van der Waals surface area contributed by atoms with Crippen molar-refractivity contribution in [2.75, 3.05) is 4.90 Å². The molecule has 3 heteroatoms. The van der Waals surface area contributed by atoms with Crippen LogP contribution in [0.3, 0.4) is 0 Å². The van der Waals surface area contributed by atoms with Crippen LogP contribution in [0.15, 0.2) is 30.3 Å². The van der Waals surface area contributed by atoms with E-state index < -0.39 is 0 Å². The van der Waals surface area contributed by atoms with E-state index in [0.29, 0.717) is 12.1 Å². The topological polar surface area (TPSA) is 15.3 Å². The van der Waals surface area contributed by atoms with Gasteiger partial charge >= 0.3 is 0 Å². The molecule has 2 saturated carbocycles. The van der Waals surface area contributed by atoms with E-state index in [4.69, 9.17) is 12.2 Å². The highest BCUT2D eigenvalue weighted by Crippen LogP contribution is 2.44. The number of hydrogen-bond acceptors (Lipinski definition) is 1. The number of anilines is 1. The lowest BCUT2D eigenvalue weighted by molar-refractivity contribution is 0.390. The van der Waals surface area contributed by atoms with Gasteiger partial charge in [0.2, 0.25) is 0 Å². The molecule has 2 fully saturated rings. The van der Waals surface area contributed by atoms with E-state index >= 15 is 0 Å². The van der Waals surface area contributed by atoms with Crippen molar-refractivity contribution in [1.29, 1.82) is 0 Å². The van der Waals surface area contributed by atoms with Crippen LogP contribution in [0.1, 0.15) is 39.5 Å². The van der Waals surface area contributed by atoms with Crippen LogP contribution in [0.25, 0.3) is 0 Å². The Balaban J connectivity index is 1.70. The largest absolute Gasteiger partial charge is 0.359 e. The molecule has 2 aliphatic rings. The predicted octanol–water partition coefficient (Wildman–Crippen LogP) is 3.96. The average molecular weight is 288 g/mol. The Labute approximate surface area is 127 Å². The maximum atomic E-state index is 5.70. The summed E-state index contributed by atoms with van der Waals surface area (Å²) in [6.45, 7) is 4.39. The Morgan fingerprint density at radius 3 is 2.50 bits per heavy atom. The fourth-order valence-corrected chi connectivity index (χ4v) is 4.36. The summed E-state index contributed by atoms with van der Waals surface area (Å²) in [6, 6.07) is 11.4. The molecule has 3 rings (SSSR count). The highest BCUT2D eigenvalue weighted by Gasteiger charge is 2.40. The quantitative estimate of drug-likeness (QED) is 0.847. The SMILES string of the molecule is CC(C)N(C(=S)N[C@@H]1C[C@H]2CC[C@H]1C2)c1ccccc1. The molecule has 0 aliphatic heterocycles. The van der Waals surface area contributed by atoms with Gasteiger partial charge < -0.3 is 10.2 Å². The Morgan fingerprint density at radius 2 is 1.95 bits per heavy atom. The lowest BCUT2D eigenvalue weighted by Crippen LogP contribution is -2.49. The number of para-hydroxylation sites is 1. The third-order valence-corrected chi connectivity index (χ3v) is 5.13. The van der Waals surface area contributed by atoms with Gasteiger partial charge in [-0.2, -0.15) is 0 Å². The number of hydrogen-bond donors (Lipinski definition) is 1. The molecule has 2 bridgehead atoms. The smallest absolute Gasteiger partial charge is 0.173 e. The minimum absolute atomic E-state index is 0.371. The number of nitrogens with one attached hydrogen (secondary N) is 1. The van der Waals surface area contributed by atoms with Crippen molar-refractivity contribution in [2.24, 2.45) is 11.8 Å². The Morgan fingerprint density at radius 1 is 1.20 bits per heavy atom. The predicted molar refractivity (Wildman–Crippen MR) is 89.0 cm³/mol. The third kappa shape index (κ3) is 2.69. The molecular weight excluding hydrogens is 264 g/mol. The second-order valence-corrected chi connectivity index (χ2v) is 6.92. The molecule has 0 spiro atoms. The van der Waals surface area contributed by atoms with Gasteiger partial charge in [-0.1, -0.05) is 24.6 Å². The zero-order valence-electron chi connectivity index (χ0n) is 12.4. The van der Waals surface area contributed by atoms with Crippen LogP contribution in [0.2, 0.25) is 0 Å². The fourth-order valence-electron chi connectivity index (χ4n) is 3.89. The van der Waals surface area contributed by atoms with Gasteiger partial charge in [0.1, 0.15) is 0 Å². The van der Waals surface area contributed by atoms with E-state index in [9.17, 15) is 0 Å². The molecule has 0 aromatic heterocycles. The van der Waals surface area contributed by atoms with Crippen LogP contribution in [0, 0.1) is 11.8 Å². The van der Waals surface area contributed by atoms with E-state index in [1.54, 1.807) is 0 Å². The summed E-state index contributed by atoms with van der Waals surface area (Å²) in [4.78, 5) is 2.24. The van der Waals surface area contributed by atoms with E-state index in [0.717, 1.165) is 16.9 Å². The molecule has 2 nitrogen and oxygen atoms in total. The van der Waals surface area contributed by atoms with Crippen LogP contribution >= 0.6 is 12.2 Å². The normalized spacial score (nSPS) is 27.9. The Hall–Kier alpha value is -1.09. The molecule has 1 aromatic carbocycles. The van der Waals surface area contributed by atoms with Gasteiger partial charge in [0, 0.05) is 17.8 Å². The van der Waals surface area contributed by atoms with Crippen LogP contribution < -0.4 is 10.2 Å². The summed E-state index contributed by atoms with van der Waals surface area (Å²) < 4.78 is 0. The van der Waals surface area contributed by atoms with Crippen molar-refractivity contribution >= 4 is 23.0 Å². The summed E-state index contributed by atoms with van der Waals surface area (Å²) in [5, 5.41) is 4.54. The van der Waals surface area contributed by atoms with E-state index in [1.807, 2.05) is 0 Å². The Kier molecular flexibility index (Phi) is 3.97. The summed E-state index contributed by atoms with van der Waals surface area (Å²) in [6.07, 6.45) is 5.54. The fraction of sp³-hybridized carbons (Fsp3) is 0.588. The van der Waals surface area contributed by atoms with Crippen molar-refractivity contribution in [3.8, 4) is 0 Å². The number of nitrogens with zero attached hydrogens (tertiary/aromatic N) is 1. The summed E-state index contributed by atoms with van der Waals surface area (Å²) in [7, 11) is 0. The molecule has 0 heterocycles.